The summed E-state index contributed by atoms with van der Waals surface area (Å²) in [5, 5.41) is 3.68. The number of anilines is 1. The monoisotopic (exact) mass is 452 g/mol. The summed E-state index contributed by atoms with van der Waals surface area (Å²) >= 11 is 12.0. The first-order valence-corrected chi connectivity index (χ1v) is 10.8. The smallest absolute Gasteiger partial charge is 0.255 e. The van der Waals surface area contributed by atoms with Gasteiger partial charge in [0.15, 0.2) is 5.58 Å². The van der Waals surface area contributed by atoms with E-state index in [1.165, 1.54) is 5.56 Å². The number of hydrogen-bond acceptors (Lipinski definition) is 3. The van der Waals surface area contributed by atoms with Crippen LogP contribution in [-0.4, -0.2) is 10.9 Å². The molecule has 0 bridgehead atoms. The minimum atomic E-state index is -0.300. The zero-order valence-corrected chi connectivity index (χ0v) is 19.0. The van der Waals surface area contributed by atoms with E-state index in [9.17, 15) is 4.79 Å². The molecule has 0 unspecified atom stereocenters. The molecule has 0 aliphatic rings. The fourth-order valence-electron chi connectivity index (χ4n) is 3.29. The number of amides is 1. The van der Waals surface area contributed by atoms with E-state index in [0.29, 0.717) is 27.2 Å². The van der Waals surface area contributed by atoms with E-state index in [2.05, 4.69) is 43.2 Å². The lowest BCUT2D eigenvalue weighted by Gasteiger charge is -2.22. The second-order valence-corrected chi connectivity index (χ2v) is 9.00. The van der Waals surface area contributed by atoms with Gasteiger partial charge in [-0.15, -0.1) is 0 Å². The second-order valence-electron chi connectivity index (χ2n) is 8.13. The fourth-order valence-corrected chi connectivity index (χ4v) is 3.82. The quantitative estimate of drug-likeness (QED) is 0.336. The molecule has 4 aromatic rings. The van der Waals surface area contributed by atoms with Crippen molar-refractivity contribution in [3.05, 3.63) is 81.8 Å². The van der Waals surface area contributed by atoms with Gasteiger partial charge in [0.1, 0.15) is 5.52 Å². The predicted molar refractivity (Wildman–Crippen MR) is 127 cm³/mol. The standard InChI is InChI=1S/C25H22Cl2N2O2/c1-4-25(2,3)17-8-9-21-22(13-17)31-24(29-21)15-6-5-7-20(12-15)28-23(30)16-10-18(26)14-19(27)11-16/h5-14H,4H2,1-3H3,(H,28,30). The van der Waals surface area contributed by atoms with Crippen LogP contribution in [0, 0.1) is 0 Å². The molecule has 1 aromatic heterocycles. The number of oxazole rings is 1. The average Bonchev–Trinajstić information content (AvgIpc) is 3.17. The Morgan fingerprint density at radius 3 is 2.48 bits per heavy atom. The van der Waals surface area contributed by atoms with Crippen LogP contribution >= 0.6 is 23.2 Å². The molecule has 0 saturated carbocycles. The maximum Gasteiger partial charge on any atom is 0.255 e. The summed E-state index contributed by atoms with van der Waals surface area (Å²) in [6.07, 6.45) is 1.03. The average molecular weight is 453 g/mol. The van der Waals surface area contributed by atoms with Crippen molar-refractivity contribution in [3.8, 4) is 11.5 Å². The third kappa shape index (κ3) is 4.60. The fraction of sp³-hybridized carbons (Fsp3) is 0.200. The first kappa shape index (κ1) is 21.4. The van der Waals surface area contributed by atoms with Crippen LogP contribution in [0.15, 0.2) is 65.1 Å². The molecular weight excluding hydrogens is 431 g/mol. The largest absolute Gasteiger partial charge is 0.436 e. The van der Waals surface area contributed by atoms with E-state index in [4.69, 9.17) is 27.6 Å². The Balaban J connectivity index is 1.62. The zero-order valence-electron chi connectivity index (χ0n) is 17.5. The molecule has 0 atom stereocenters. The minimum Gasteiger partial charge on any atom is -0.436 e. The first-order chi connectivity index (χ1) is 14.7. The highest BCUT2D eigenvalue weighted by Gasteiger charge is 2.20. The number of fused-ring (bicyclic) bond motifs is 1. The van der Waals surface area contributed by atoms with Crippen molar-refractivity contribution < 1.29 is 9.21 Å². The molecule has 6 heteroatoms. The number of nitrogens with one attached hydrogen (secondary N) is 1. The lowest BCUT2D eigenvalue weighted by atomic mass is 9.82. The summed E-state index contributed by atoms with van der Waals surface area (Å²) in [4.78, 5) is 17.2. The van der Waals surface area contributed by atoms with Gasteiger partial charge in [0.25, 0.3) is 5.91 Å². The lowest BCUT2D eigenvalue weighted by Crippen LogP contribution is -2.14. The first-order valence-electron chi connectivity index (χ1n) is 10.0. The normalized spacial score (nSPS) is 11.6. The number of benzene rings is 3. The number of rotatable bonds is 5. The number of aromatic nitrogens is 1. The molecule has 0 fully saturated rings. The predicted octanol–water partition coefficient (Wildman–Crippen LogP) is 7.74. The summed E-state index contributed by atoms with van der Waals surface area (Å²) in [5.74, 6) is 0.203. The van der Waals surface area contributed by atoms with Crippen molar-refractivity contribution >= 4 is 45.9 Å². The van der Waals surface area contributed by atoms with Gasteiger partial charge in [-0.2, -0.15) is 0 Å². The van der Waals surface area contributed by atoms with Crippen LogP contribution in [-0.2, 0) is 5.41 Å². The maximum absolute atomic E-state index is 12.6. The van der Waals surface area contributed by atoms with Crippen molar-refractivity contribution in [1.29, 1.82) is 0 Å². The molecule has 4 rings (SSSR count). The number of carbonyl (C=O) groups is 1. The van der Waals surface area contributed by atoms with Gasteiger partial charge in [-0.25, -0.2) is 4.98 Å². The van der Waals surface area contributed by atoms with Crippen molar-refractivity contribution in [2.24, 2.45) is 0 Å². The molecule has 0 radical (unpaired) electrons. The highest BCUT2D eigenvalue weighted by Crippen LogP contribution is 2.32. The van der Waals surface area contributed by atoms with E-state index in [0.717, 1.165) is 23.1 Å². The van der Waals surface area contributed by atoms with Crippen LogP contribution in [0.3, 0.4) is 0 Å². The molecule has 158 valence electrons. The Morgan fingerprint density at radius 2 is 1.77 bits per heavy atom. The summed E-state index contributed by atoms with van der Waals surface area (Å²) in [6.45, 7) is 6.60. The lowest BCUT2D eigenvalue weighted by molar-refractivity contribution is 0.102. The van der Waals surface area contributed by atoms with E-state index < -0.39 is 0 Å². The molecule has 0 aliphatic carbocycles. The number of halogens is 2. The van der Waals surface area contributed by atoms with Crippen molar-refractivity contribution in [3.63, 3.8) is 0 Å². The van der Waals surface area contributed by atoms with Gasteiger partial charge in [-0.05, 0) is 65.9 Å². The van der Waals surface area contributed by atoms with Crippen LogP contribution in [0.25, 0.3) is 22.6 Å². The molecule has 0 aliphatic heterocycles. The van der Waals surface area contributed by atoms with Crippen molar-refractivity contribution in [2.45, 2.75) is 32.6 Å². The Labute approximate surface area is 191 Å². The Kier molecular flexibility index (Phi) is 5.78. The maximum atomic E-state index is 12.6. The Hall–Kier alpha value is -2.82. The Bertz CT molecular complexity index is 1260. The van der Waals surface area contributed by atoms with E-state index >= 15 is 0 Å². The van der Waals surface area contributed by atoms with Gasteiger partial charge in [-0.1, -0.05) is 56.1 Å². The zero-order chi connectivity index (χ0) is 22.2. The van der Waals surface area contributed by atoms with Gasteiger partial charge >= 0.3 is 0 Å². The highest BCUT2D eigenvalue weighted by molar-refractivity contribution is 6.35. The Morgan fingerprint density at radius 1 is 1.03 bits per heavy atom. The third-order valence-corrected chi connectivity index (χ3v) is 5.98. The van der Waals surface area contributed by atoms with Crippen LogP contribution in [0.5, 0.6) is 0 Å². The van der Waals surface area contributed by atoms with E-state index in [1.807, 2.05) is 24.3 Å². The van der Waals surface area contributed by atoms with Crippen LogP contribution < -0.4 is 5.32 Å². The molecule has 1 amide bonds. The minimum absolute atomic E-state index is 0.0641. The van der Waals surface area contributed by atoms with Crippen molar-refractivity contribution in [1.82, 2.24) is 4.98 Å². The molecule has 1 heterocycles. The van der Waals surface area contributed by atoms with Gasteiger partial charge in [0, 0.05) is 26.9 Å². The molecule has 4 nitrogen and oxygen atoms in total. The van der Waals surface area contributed by atoms with Crippen molar-refractivity contribution in [2.75, 3.05) is 5.32 Å². The van der Waals surface area contributed by atoms with Gasteiger partial charge < -0.3 is 9.73 Å². The van der Waals surface area contributed by atoms with Gasteiger partial charge in [-0.3, -0.25) is 4.79 Å². The third-order valence-electron chi connectivity index (χ3n) is 5.55. The topological polar surface area (TPSA) is 55.1 Å². The summed E-state index contributed by atoms with van der Waals surface area (Å²) in [7, 11) is 0. The summed E-state index contributed by atoms with van der Waals surface area (Å²) in [6, 6.07) is 18.2. The number of hydrogen-bond donors (Lipinski definition) is 1. The summed E-state index contributed by atoms with van der Waals surface area (Å²) < 4.78 is 6.05. The molecule has 3 aromatic carbocycles. The van der Waals surface area contributed by atoms with E-state index in [-0.39, 0.29) is 11.3 Å². The van der Waals surface area contributed by atoms with Crippen LogP contribution in [0.1, 0.15) is 43.1 Å². The second kappa shape index (κ2) is 8.37. The molecule has 31 heavy (non-hydrogen) atoms. The van der Waals surface area contributed by atoms with Crippen LogP contribution in [0.4, 0.5) is 5.69 Å². The summed E-state index contributed by atoms with van der Waals surface area (Å²) in [5.41, 5.74) is 4.60. The van der Waals surface area contributed by atoms with Gasteiger partial charge in [0.2, 0.25) is 5.89 Å². The number of carbonyl (C=O) groups excluding carboxylic acids is 1. The van der Waals surface area contributed by atoms with Gasteiger partial charge in [0.05, 0.1) is 0 Å². The number of nitrogens with zero attached hydrogens (tertiary/aromatic N) is 1. The molecular formula is C25H22Cl2N2O2. The van der Waals surface area contributed by atoms with Crippen LogP contribution in [0.2, 0.25) is 10.0 Å². The SMILES string of the molecule is CCC(C)(C)c1ccc2nc(-c3cccc(NC(=O)c4cc(Cl)cc(Cl)c4)c3)oc2c1. The molecule has 0 spiro atoms. The molecule has 1 N–H and O–H groups in total. The highest BCUT2D eigenvalue weighted by atomic mass is 35.5. The molecule has 0 saturated heterocycles. The van der Waals surface area contributed by atoms with E-state index in [1.54, 1.807) is 24.3 Å².